The van der Waals surface area contributed by atoms with E-state index in [0.29, 0.717) is 12.3 Å². The van der Waals surface area contributed by atoms with Crippen LogP contribution in [0.25, 0.3) is 11.3 Å². The van der Waals surface area contributed by atoms with Crippen molar-refractivity contribution in [3.8, 4) is 11.3 Å². The Labute approximate surface area is 168 Å². The first-order chi connectivity index (χ1) is 13.9. The molecule has 29 heavy (non-hydrogen) atoms. The first-order valence-electron chi connectivity index (χ1n) is 9.26. The highest BCUT2D eigenvalue weighted by Gasteiger charge is 2.15. The van der Waals surface area contributed by atoms with Crippen molar-refractivity contribution in [1.29, 1.82) is 0 Å². The largest absolute Gasteiger partial charge is 0.355 e. The minimum atomic E-state index is -0.406. The monoisotopic (exact) mass is 395 g/mol. The molecular weight excluding hydrogens is 373 g/mol. The summed E-state index contributed by atoms with van der Waals surface area (Å²) in [5.41, 5.74) is 3.95. The van der Waals surface area contributed by atoms with Gasteiger partial charge in [-0.05, 0) is 43.2 Å². The van der Waals surface area contributed by atoms with Gasteiger partial charge in [-0.15, -0.1) is 0 Å². The van der Waals surface area contributed by atoms with Gasteiger partial charge in [-0.3, -0.25) is 9.59 Å². The molecule has 7 heteroatoms. The Kier molecular flexibility index (Phi) is 6.39. The lowest BCUT2D eigenvalue weighted by Crippen LogP contribution is -2.30. The van der Waals surface area contributed by atoms with Gasteiger partial charge in [-0.2, -0.15) is 0 Å². The zero-order valence-corrected chi connectivity index (χ0v) is 16.3. The topological polar surface area (TPSA) is 84.2 Å². The molecule has 150 valence electrons. The van der Waals surface area contributed by atoms with Crippen LogP contribution in [0.4, 0.5) is 4.39 Å². The average molecular weight is 395 g/mol. The van der Waals surface area contributed by atoms with E-state index in [9.17, 15) is 14.0 Å². The van der Waals surface area contributed by atoms with Crippen LogP contribution in [-0.4, -0.2) is 23.5 Å². The van der Waals surface area contributed by atoms with E-state index >= 15 is 0 Å². The molecule has 3 aromatic rings. The summed E-state index contributed by atoms with van der Waals surface area (Å²) >= 11 is 0. The second-order valence-corrected chi connectivity index (χ2v) is 6.80. The third-order valence-corrected chi connectivity index (χ3v) is 4.44. The quantitative estimate of drug-likeness (QED) is 0.641. The lowest BCUT2D eigenvalue weighted by Gasteiger charge is -2.06. The van der Waals surface area contributed by atoms with Crippen LogP contribution in [0.1, 0.15) is 33.6 Å². The van der Waals surface area contributed by atoms with Gasteiger partial charge >= 0.3 is 0 Å². The molecule has 2 N–H and O–H groups in total. The molecule has 0 spiro atoms. The number of aromatic nitrogens is 1. The van der Waals surface area contributed by atoms with Crippen molar-refractivity contribution >= 4 is 11.8 Å². The van der Waals surface area contributed by atoms with E-state index in [1.54, 1.807) is 18.2 Å². The number of hydrogen-bond donors (Lipinski definition) is 2. The van der Waals surface area contributed by atoms with Crippen molar-refractivity contribution in [3.63, 3.8) is 0 Å². The Morgan fingerprint density at radius 2 is 1.79 bits per heavy atom. The molecule has 0 fully saturated rings. The Bertz CT molecular complexity index is 1010. The van der Waals surface area contributed by atoms with Gasteiger partial charge in [0.25, 0.3) is 5.91 Å². The molecule has 0 aliphatic rings. The molecule has 3 rings (SSSR count). The number of nitrogens with zero attached hydrogens (tertiary/aromatic N) is 1. The minimum Gasteiger partial charge on any atom is -0.355 e. The standard InChI is InChI=1S/C22H22FN3O3/c1-14-3-4-15(2)18(11-14)20-12-19(26-29-20)22(28)24-10-9-21(27)25-13-16-5-7-17(23)8-6-16/h3-8,11-12H,9-10,13H2,1-2H3,(H,24,28)(H,25,27). The van der Waals surface area contributed by atoms with Crippen LogP contribution in [-0.2, 0) is 11.3 Å². The Morgan fingerprint density at radius 1 is 1.03 bits per heavy atom. The molecule has 0 bridgehead atoms. The number of nitrogens with one attached hydrogen (secondary N) is 2. The molecule has 0 saturated carbocycles. The van der Waals surface area contributed by atoms with Crippen molar-refractivity contribution in [1.82, 2.24) is 15.8 Å². The van der Waals surface area contributed by atoms with Gasteiger partial charge < -0.3 is 15.2 Å². The molecule has 0 unspecified atom stereocenters. The van der Waals surface area contributed by atoms with Gasteiger partial charge in [0.05, 0.1) is 0 Å². The zero-order chi connectivity index (χ0) is 20.8. The van der Waals surface area contributed by atoms with Crippen molar-refractivity contribution in [2.45, 2.75) is 26.8 Å². The number of amides is 2. The fourth-order valence-corrected chi connectivity index (χ4v) is 2.78. The summed E-state index contributed by atoms with van der Waals surface area (Å²) in [5, 5.41) is 9.20. The second-order valence-electron chi connectivity index (χ2n) is 6.80. The first kappa shape index (κ1) is 20.3. The molecule has 2 aromatic carbocycles. The Hall–Kier alpha value is -3.48. The Balaban J connectivity index is 1.47. The van der Waals surface area contributed by atoms with Gasteiger partial charge in [-0.25, -0.2) is 4.39 Å². The van der Waals surface area contributed by atoms with Crippen LogP contribution in [0, 0.1) is 19.7 Å². The van der Waals surface area contributed by atoms with Gasteiger partial charge in [0.2, 0.25) is 5.91 Å². The molecule has 0 aliphatic heterocycles. The van der Waals surface area contributed by atoms with Crippen molar-refractivity contribution in [2.24, 2.45) is 0 Å². The predicted molar refractivity (Wildman–Crippen MR) is 107 cm³/mol. The van der Waals surface area contributed by atoms with E-state index in [4.69, 9.17) is 4.52 Å². The lowest BCUT2D eigenvalue weighted by atomic mass is 10.0. The van der Waals surface area contributed by atoms with Gasteiger partial charge in [0.1, 0.15) is 5.82 Å². The van der Waals surface area contributed by atoms with Crippen LogP contribution in [0.5, 0.6) is 0 Å². The molecule has 1 aromatic heterocycles. The summed E-state index contributed by atoms with van der Waals surface area (Å²) in [7, 11) is 0. The summed E-state index contributed by atoms with van der Waals surface area (Å²) in [5.74, 6) is -0.424. The van der Waals surface area contributed by atoms with E-state index in [1.807, 2.05) is 32.0 Å². The van der Waals surface area contributed by atoms with E-state index < -0.39 is 5.91 Å². The van der Waals surface area contributed by atoms with Gasteiger partial charge in [-0.1, -0.05) is 35.0 Å². The second kappa shape index (κ2) is 9.14. The first-order valence-corrected chi connectivity index (χ1v) is 9.26. The molecular formula is C22H22FN3O3. The molecule has 0 saturated heterocycles. The zero-order valence-electron chi connectivity index (χ0n) is 16.3. The normalized spacial score (nSPS) is 10.6. The van der Waals surface area contributed by atoms with Crippen LogP contribution in [0.3, 0.4) is 0 Å². The SMILES string of the molecule is Cc1ccc(C)c(-c2cc(C(=O)NCCC(=O)NCc3ccc(F)cc3)no2)c1. The van der Waals surface area contributed by atoms with Gasteiger partial charge in [0, 0.05) is 31.1 Å². The van der Waals surface area contributed by atoms with Crippen LogP contribution in [0.2, 0.25) is 0 Å². The fourth-order valence-electron chi connectivity index (χ4n) is 2.78. The third-order valence-electron chi connectivity index (χ3n) is 4.44. The van der Waals surface area contributed by atoms with Crippen LogP contribution in [0.15, 0.2) is 53.1 Å². The van der Waals surface area contributed by atoms with Crippen molar-refractivity contribution in [2.75, 3.05) is 6.54 Å². The molecule has 0 aliphatic carbocycles. The van der Waals surface area contributed by atoms with E-state index in [2.05, 4.69) is 15.8 Å². The molecule has 0 radical (unpaired) electrons. The maximum atomic E-state index is 12.9. The molecule has 0 atom stereocenters. The van der Waals surface area contributed by atoms with Crippen molar-refractivity contribution < 1.29 is 18.5 Å². The highest BCUT2D eigenvalue weighted by Crippen LogP contribution is 2.25. The third kappa shape index (κ3) is 5.51. The molecule has 6 nitrogen and oxygen atoms in total. The van der Waals surface area contributed by atoms with E-state index in [1.165, 1.54) is 12.1 Å². The van der Waals surface area contributed by atoms with Crippen LogP contribution < -0.4 is 10.6 Å². The summed E-state index contributed by atoms with van der Waals surface area (Å²) in [6, 6.07) is 13.4. The summed E-state index contributed by atoms with van der Waals surface area (Å²) in [6.07, 6.45) is 0.120. The maximum Gasteiger partial charge on any atom is 0.273 e. The number of carbonyl (C=O) groups is 2. The number of aryl methyl sites for hydroxylation is 2. The highest BCUT2D eigenvalue weighted by atomic mass is 19.1. The smallest absolute Gasteiger partial charge is 0.273 e. The van der Waals surface area contributed by atoms with Crippen molar-refractivity contribution in [3.05, 3.63) is 76.7 Å². The fraction of sp³-hybridized carbons (Fsp3) is 0.227. The summed E-state index contributed by atoms with van der Waals surface area (Å²) < 4.78 is 18.2. The summed E-state index contributed by atoms with van der Waals surface area (Å²) in [4.78, 5) is 24.1. The van der Waals surface area contributed by atoms with E-state index in [0.717, 1.165) is 22.3 Å². The van der Waals surface area contributed by atoms with Gasteiger partial charge in [0.15, 0.2) is 11.5 Å². The lowest BCUT2D eigenvalue weighted by molar-refractivity contribution is -0.121. The minimum absolute atomic E-state index is 0.120. The number of hydrogen-bond acceptors (Lipinski definition) is 4. The summed E-state index contributed by atoms with van der Waals surface area (Å²) in [6.45, 7) is 4.41. The average Bonchev–Trinajstić information content (AvgIpc) is 3.19. The Morgan fingerprint density at radius 3 is 2.55 bits per heavy atom. The maximum absolute atomic E-state index is 12.9. The van der Waals surface area contributed by atoms with E-state index in [-0.39, 0.29) is 30.4 Å². The number of rotatable bonds is 7. The highest BCUT2D eigenvalue weighted by molar-refractivity contribution is 5.93. The number of carbonyl (C=O) groups excluding carboxylic acids is 2. The predicted octanol–water partition coefficient (Wildman–Crippen LogP) is 3.53. The molecule has 2 amide bonds. The molecule has 1 heterocycles. The number of halogens is 1. The van der Waals surface area contributed by atoms with Crippen LogP contribution >= 0.6 is 0 Å². The number of benzene rings is 2.